The van der Waals surface area contributed by atoms with Gasteiger partial charge in [-0.2, -0.15) is 0 Å². The molecule has 0 radical (unpaired) electrons. The SMILES string of the molecule is CCN(C)C(C)/C=C/C(C)C. The number of hydrogen-bond donors (Lipinski definition) is 0. The van der Waals surface area contributed by atoms with Gasteiger partial charge in [0.25, 0.3) is 0 Å². The molecule has 66 valence electrons. The molecule has 0 N–H and O–H groups in total. The Balaban J connectivity index is 3.75. The van der Waals surface area contributed by atoms with E-state index in [1.807, 2.05) is 0 Å². The number of nitrogens with zero attached hydrogens (tertiary/aromatic N) is 1. The molecule has 0 fully saturated rings. The van der Waals surface area contributed by atoms with Crippen LogP contribution in [0, 0.1) is 5.92 Å². The number of hydrogen-bond acceptors (Lipinski definition) is 1. The fourth-order valence-corrected chi connectivity index (χ4v) is 0.818. The molecular weight excluding hydrogens is 134 g/mol. The van der Waals surface area contributed by atoms with Crippen LogP contribution in [-0.4, -0.2) is 24.5 Å². The second kappa shape index (κ2) is 5.36. The minimum Gasteiger partial charge on any atom is -0.301 e. The Morgan fingerprint density at radius 3 is 2.09 bits per heavy atom. The lowest BCUT2D eigenvalue weighted by Gasteiger charge is -2.19. The van der Waals surface area contributed by atoms with Crippen LogP contribution in [0.25, 0.3) is 0 Å². The molecule has 0 rings (SSSR count). The summed E-state index contributed by atoms with van der Waals surface area (Å²) in [5, 5.41) is 0. The van der Waals surface area contributed by atoms with Crippen LogP contribution in [0.5, 0.6) is 0 Å². The highest BCUT2D eigenvalue weighted by Gasteiger charge is 2.01. The van der Waals surface area contributed by atoms with Gasteiger partial charge in [-0.1, -0.05) is 32.9 Å². The third-order valence-corrected chi connectivity index (χ3v) is 1.97. The summed E-state index contributed by atoms with van der Waals surface area (Å²) in [4.78, 5) is 2.32. The smallest absolute Gasteiger partial charge is 0.0246 e. The molecule has 0 aromatic heterocycles. The molecule has 0 saturated heterocycles. The van der Waals surface area contributed by atoms with Crippen LogP contribution in [0.2, 0.25) is 0 Å². The molecule has 0 aliphatic rings. The van der Waals surface area contributed by atoms with Crippen LogP contribution >= 0.6 is 0 Å². The fourth-order valence-electron chi connectivity index (χ4n) is 0.818. The van der Waals surface area contributed by atoms with Gasteiger partial charge in [-0.3, -0.25) is 0 Å². The predicted molar refractivity (Wildman–Crippen MR) is 51.7 cm³/mol. The van der Waals surface area contributed by atoms with Gasteiger partial charge in [-0.05, 0) is 26.4 Å². The monoisotopic (exact) mass is 155 g/mol. The summed E-state index contributed by atoms with van der Waals surface area (Å²) >= 11 is 0. The van der Waals surface area contributed by atoms with E-state index in [-0.39, 0.29) is 0 Å². The lowest BCUT2D eigenvalue weighted by molar-refractivity contribution is 0.313. The second-order valence-corrected chi connectivity index (χ2v) is 3.44. The maximum Gasteiger partial charge on any atom is 0.0246 e. The van der Waals surface area contributed by atoms with Crippen molar-refractivity contribution < 1.29 is 0 Å². The summed E-state index contributed by atoms with van der Waals surface area (Å²) in [5.74, 6) is 0.669. The van der Waals surface area contributed by atoms with Crippen molar-refractivity contribution in [2.75, 3.05) is 13.6 Å². The van der Waals surface area contributed by atoms with Gasteiger partial charge < -0.3 is 4.90 Å². The van der Waals surface area contributed by atoms with Crippen molar-refractivity contribution in [1.82, 2.24) is 4.90 Å². The summed E-state index contributed by atoms with van der Waals surface area (Å²) in [5.41, 5.74) is 0. The molecule has 0 spiro atoms. The number of likely N-dealkylation sites (N-methyl/N-ethyl adjacent to an activating group) is 1. The minimum absolute atomic E-state index is 0.572. The molecule has 11 heavy (non-hydrogen) atoms. The first kappa shape index (κ1) is 10.7. The molecule has 1 atom stereocenters. The normalized spacial score (nSPS) is 15.2. The summed E-state index contributed by atoms with van der Waals surface area (Å²) in [6, 6.07) is 0.572. The predicted octanol–water partition coefficient (Wildman–Crippen LogP) is 2.54. The molecular formula is C10H21N. The Morgan fingerprint density at radius 2 is 1.73 bits per heavy atom. The van der Waals surface area contributed by atoms with Crippen molar-refractivity contribution in [3.05, 3.63) is 12.2 Å². The molecule has 0 aromatic rings. The summed E-state index contributed by atoms with van der Waals surface area (Å²) in [6.07, 6.45) is 4.53. The van der Waals surface area contributed by atoms with Gasteiger partial charge in [0.05, 0.1) is 0 Å². The highest BCUT2D eigenvalue weighted by atomic mass is 15.1. The van der Waals surface area contributed by atoms with Gasteiger partial charge in [0.1, 0.15) is 0 Å². The first-order valence-electron chi connectivity index (χ1n) is 4.46. The third-order valence-electron chi connectivity index (χ3n) is 1.97. The van der Waals surface area contributed by atoms with Gasteiger partial charge in [-0.15, -0.1) is 0 Å². The maximum atomic E-state index is 2.32. The molecule has 1 nitrogen and oxygen atoms in total. The number of rotatable bonds is 4. The van der Waals surface area contributed by atoms with E-state index in [1.54, 1.807) is 0 Å². The fraction of sp³-hybridized carbons (Fsp3) is 0.800. The topological polar surface area (TPSA) is 3.24 Å². The molecule has 0 amide bonds. The zero-order chi connectivity index (χ0) is 8.85. The average molecular weight is 155 g/mol. The molecule has 1 unspecified atom stereocenters. The van der Waals surface area contributed by atoms with Crippen molar-refractivity contribution in [2.24, 2.45) is 5.92 Å². The number of allylic oxidation sites excluding steroid dienone is 1. The summed E-state index contributed by atoms with van der Waals surface area (Å²) in [6.45, 7) is 9.93. The van der Waals surface area contributed by atoms with Crippen molar-refractivity contribution >= 4 is 0 Å². The Kier molecular flexibility index (Phi) is 5.22. The molecule has 0 aliphatic carbocycles. The minimum atomic E-state index is 0.572. The third kappa shape index (κ3) is 5.02. The Bertz CT molecular complexity index is 116. The van der Waals surface area contributed by atoms with Crippen molar-refractivity contribution in [1.29, 1.82) is 0 Å². The van der Waals surface area contributed by atoms with E-state index >= 15 is 0 Å². The van der Waals surface area contributed by atoms with Crippen LogP contribution in [0.4, 0.5) is 0 Å². The zero-order valence-corrected chi connectivity index (χ0v) is 8.46. The summed E-state index contributed by atoms with van der Waals surface area (Å²) < 4.78 is 0. The van der Waals surface area contributed by atoms with E-state index in [1.165, 1.54) is 0 Å². The zero-order valence-electron chi connectivity index (χ0n) is 8.46. The van der Waals surface area contributed by atoms with Gasteiger partial charge in [0.15, 0.2) is 0 Å². The van der Waals surface area contributed by atoms with Crippen LogP contribution in [0.15, 0.2) is 12.2 Å². The first-order chi connectivity index (χ1) is 5.07. The van der Waals surface area contributed by atoms with Crippen LogP contribution in [-0.2, 0) is 0 Å². The first-order valence-corrected chi connectivity index (χ1v) is 4.46. The van der Waals surface area contributed by atoms with Gasteiger partial charge in [0, 0.05) is 6.04 Å². The van der Waals surface area contributed by atoms with Gasteiger partial charge in [0.2, 0.25) is 0 Å². The molecule has 0 heterocycles. The Labute approximate surface area is 71.1 Å². The van der Waals surface area contributed by atoms with Crippen molar-refractivity contribution in [3.63, 3.8) is 0 Å². The van der Waals surface area contributed by atoms with Crippen LogP contribution in [0.1, 0.15) is 27.7 Å². The molecule has 0 aliphatic heterocycles. The molecule has 0 saturated carbocycles. The maximum absolute atomic E-state index is 2.32. The van der Waals surface area contributed by atoms with Crippen LogP contribution in [0.3, 0.4) is 0 Å². The standard InChI is InChI=1S/C10H21N/c1-6-11(5)10(4)8-7-9(2)3/h7-10H,6H2,1-5H3/b8-7+. The lowest BCUT2D eigenvalue weighted by Crippen LogP contribution is -2.26. The molecule has 0 bridgehead atoms. The second-order valence-electron chi connectivity index (χ2n) is 3.44. The van der Waals surface area contributed by atoms with E-state index in [4.69, 9.17) is 0 Å². The van der Waals surface area contributed by atoms with E-state index in [0.29, 0.717) is 12.0 Å². The van der Waals surface area contributed by atoms with Crippen LogP contribution < -0.4 is 0 Å². The van der Waals surface area contributed by atoms with E-state index in [0.717, 1.165) is 6.54 Å². The van der Waals surface area contributed by atoms with Crippen molar-refractivity contribution in [3.8, 4) is 0 Å². The molecule has 0 aromatic carbocycles. The average Bonchev–Trinajstić information content (AvgIpc) is 1.98. The van der Waals surface area contributed by atoms with Gasteiger partial charge >= 0.3 is 0 Å². The van der Waals surface area contributed by atoms with Crippen molar-refractivity contribution in [2.45, 2.75) is 33.7 Å². The highest BCUT2D eigenvalue weighted by Crippen LogP contribution is 2.00. The highest BCUT2D eigenvalue weighted by molar-refractivity contribution is 4.92. The van der Waals surface area contributed by atoms with E-state index in [9.17, 15) is 0 Å². The lowest BCUT2D eigenvalue weighted by atomic mass is 10.1. The largest absolute Gasteiger partial charge is 0.301 e. The van der Waals surface area contributed by atoms with E-state index in [2.05, 4.69) is 51.8 Å². The Hall–Kier alpha value is -0.300. The quantitative estimate of drug-likeness (QED) is 0.564. The summed E-state index contributed by atoms with van der Waals surface area (Å²) in [7, 11) is 2.15. The molecule has 1 heteroatoms. The Morgan fingerprint density at radius 1 is 1.18 bits per heavy atom. The van der Waals surface area contributed by atoms with E-state index < -0.39 is 0 Å². The van der Waals surface area contributed by atoms with Gasteiger partial charge in [-0.25, -0.2) is 0 Å².